The molecule has 3 heterocycles. The Hall–Kier alpha value is -2.58. The minimum atomic E-state index is -4.27. The lowest BCUT2D eigenvalue weighted by Gasteiger charge is -2.17. The standard InChI is InChI=1S/C25H35F3N6/c1-16(6-7-23-17(2)10-31-34(23)13-25(26,27)28)11-33-15-30-19(4)24(33)9-21-8-22(21)12-32-14-29-18(3)20(32)5/h10,14-16,21-22H,6-9,11-13H2,1-5H3. The summed E-state index contributed by atoms with van der Waals surface area (Å²) in [6.45, 7) is 11.0. The van der Waals surface area contributed by atoms with Crippen molar-refractivity contribution in [3.05, 3.63) is 52.9 Å². The summed E-state index contributed by atoms with van der Waals surface area (Å²) in [5, 5.41) is 3.94. The summed E-state index contributed by atoms with van der Waals surface area (Å²) in [4.78, 5) is 8.97. The fourth-order valence-corrected chi connectivity index (χ4v) is 4.89. The van der Waals surface area contributed by atoms with E-state index in [1.807, 2.05) is 26.5 Å². The number of rotatable bonds is 10. The van der Waals surface area contributed by atoms with E-state index in [0.29, 0.717) is 29.9 Å². The van der Waals surface area contributed by atoms with E-state index >= 15 is 0 Å². The van der Waals surface area contributed by atoms with Gasteiger partial charge >= 0.3 is 6.18 Å². The second-order valence-electron chi connectivity index (χ2n) is 10.1. The van der Waals surface area contributed by atoms with Gasteiger partial charge in [-0.1, -0.05) is 6.92 Å². The molecule has 9 heteroatoms. The van der Waals surface area contributed by atoms with Crippen LogP contribution in [0.15, 0.2) is 18.9 Å². The molecule has 0 aromatic carbocycles. The fourth-order valence-electron chi connectivity index (χ4n) is 4.89. The predicted molar refractivity (Wildman–Crippen MR) is 124 cm³/mol. The number of halogens is 3. The van der Waals surface area contributed by atoms with Gasteiger partial charge in [0.05, 0.1) is 30.2 Å². The molecule has 1 fully saturated rings. The Labute approximate surface area is 199 Å². The maximum Gasteiger partial charge on any atom is 0.408 e. The smallest absolute Gasteiger partial charge is 0.334 e. The minimum Gasteiger partial charge on any atom is -0.334 e. The highest BCUT2D eigenvalue weighted by atomic mass is 19.4. The largest absolute Gasteiger partial charge is 0.408 e. The molecule has 0 spiro atoms. The SMILES string of the molecule is Cc1cnn(CC(F)(F)F)c1CCC(C)Cn1cnc(C)c1CC1CC1Cn1cnc(C)c1C. The number of imidazole rings is 2. The average molecular weight is 477 g/mol. The van der Waals surface area contributed by atoms with Crippen molar-refractivity contribution >= 4 is 0 Å². The first-order valence-electron chi connectivity index (χ1n) is 12.1. The number of nitrogens with zero attached hydrogens (tertiary/aromatic N) is 6. The molecule has 0 saturated heterocycles. The highest BCUT2D eigenvalue weighted by Gasteiger charge is 2.38. The zero-order valence-electron chi connectivity index (χ0n) is 20.7. The molecule has 186 valence electrons. The van der Waals surface area contributed by atoms with Crippen molar-refractivity contribution < 1.29 is 13.2 Å². The van der Waals surface area contributed by atoms with E-state index in [9.17, 15) is 13.2 Å². The van der Waals surface area contributed by atoms with Crippen molar-refractivity contribution in [2.75, 3.05) is 0 Å². The molecule has 6 nitrogen and oxygen atoms in total. The van der Waals surface area contributed by atoms with Crippen molar-refractivity contribution in [3.63, 3.8) is 0 Å². The molecule has 0 aliphatic heterocycles. The maximum atomic E-state index is 12.9. The molecule has 1 aliphatic carbocycles. The van der Waals surface area contributed by atoms with Gasteiger partial charge in [0.15, 0.2) is 0 Å². The maximum absolute atomic E-state index is 12.9. The molecule has 1 saturated carbocycles. The van der Waals surface area contributed by atoms with Gasteiger partial charge in [-0.15, -0.1) is 0 Å². The number of aryl methyl sites for hydroxylation is 3. The summed E-state index contributed by atoms with van der Waals surface area (Å²) in [5.74, 6) is 1.64. The molecule has 3 aromatic heterocycles. The van der Waals surface area contributed by atoms with Crippen LogP contribution in [0.1, 0.15) is 53.8 Å². The van der Waals surface area contributed by atoms with Crippen LogP contribution in [0.2, 0.25) is 0 Å². The summed E-state index contributed by atoms with van der Waals surface area (Å²) in [5.41, 5.74) is 6.20. The summed E-state index contributed by atoms with van der Waals surface area (Å²) in [7, 11) is 0. The number of hydrogen-bond acceptors (Lipinski definition) is 3. The van der Waals surface area contributed by atoms with Crippen molar-refractivity contribution in [2.45, 2.75) is 86.1 Å². The second-order valence-corrected chi connectivity index (χ2v) is 10.1. The zero-order valence-corrected chi connectivity index (χ0v) is 20.7. The highest BCUT2D eigenvalue weighted by molar-refractivity contribution is 5.17. The Morgan fingerprint density at radius 1 is 1.00 bits per heavy atom. The van der Waals surface area contributed by atoms with E-state index in [1.165, 1.54) is 24.0 Å². The van der Waals surface area contributed by atoms with Gasteiger partial charge in [-0.2, -0.15) is 18.3 Å². The molecule has 3 aromatic rings. The zero-order chi connectivity index (χ0) is 24.6. The van der Waals surface area contributed by atoms with Gasteiger partial charge in [0.25, 0.3) is 0 Å². The van der Waals surface area contributed by atoms with Gasteiger partial charge in [0, 0.05) is 30.2 Å². The first-order valence-corrected chi connectivity index (χ1v) is 12.1. The monoisotopic (exact) mass is 476 g/mol. The Morgan fingerprint density at radius 2 is 1.71 bits per heavy atom. The van der Waals surface area contributed by atoms with E-state index in [1.54, 1.807) is 0 Å². The van der Waals surface area contributed by atoms with Crippen molar-refractivity contribution in [3.8, 4) is 0 Å². The molecular weight excluding hydrogens is 441 g/mol. The third-order valence-corrected chi connectivity index (χ3v) is 7.32. The van der Waals surface area contributed by atoms with Crippen LogP contribution in [-0.4, -0.2) is 35.1 Å². The molecule has 3 unspecified atom stereocenters. The van der Waals surface area contributed by atoms with Gasteiger partial charge in [0.1, 0.15) is 6.54 Å². The fraction of sp³-hybridized carbons (Fsp3) is 0.640. The molecular formula is C25H35F3N6. The third kappa shape index (κ3) is 5.73. The van der Waals surface area contributed by atoms with Gasteiger partial charge in [0.2, 0.25) is 0 Å². The van der Waals surface area contributed by atoms with Crippen molar-refractivity contribution in [2.24, 2.45) is 17.8 Å². The molecule has 4 rings (SSSR count). The van der Waals surface area contributed by atoms with Crippen LogP contribution in [0.25, 0.3) is 0 Å². The summed E-state index contributed by atoms with van der Waals surface area (Å²) in [6.07, 6.45) is 4.75. The van der Waals surface area contributed by atoms with Gasteiger partial charge in [-0.3, -0.25) is 4.68 Å². The summed E-state index contributed by atoms with van der Waals surface area (Å²) >= 11 is 0. The summed E-state index contributed by atoms with van der Waals surface area (Å²) < 4.78 is 44.2. The van der Waals surface area contributed by atoms with Crippen LogP contribution in [-0.2, 0) is 32.5 Å². The Morgan fingerprint density at radius 3 is 2.38 bits per heavy atom. The molecule has 0 amide bonds. The average Bonchev–Trinajstić information content (AvgIpc) is 3.12. The van der Waals surface area contributed by atoms with E-state index < -0.39 is 12.7 Å². The molecule has 0 N–H and O–H groups in total. The Kier molecular flexibility index (Phi) is 6.92. The summed E-state index contributed by atoms with van der Waals surface area (Å²) in [6, 6.07) is 0. The molecule has 3 atom stereocenters. The molecule has 0 bridgehead atoms. The second kappa shape index (κ2) is 9.58. The van der Waals surface area contributed by atoms with E-state index in [4.69, 9.17) is 0 Å². The molecule has 1 aliphatic rings. The first-order chi connectivity index (χ1) is 16.0. The number of alkyl halides is 3. The Balaban J connectivity index is 1.33. The normalized spacial score (nSPS) is 19.1. The van der Waals surface area contributed by atoms with Crippen LogP contribution in [0, 0.1) is 45.4 Å². The minimum absolute atomic E-state index is 0.313. The Bertz CT molecular complexity index is 1120. The van der Waals surface area contributed by atoms with Crippen LogP contribution >= 0.6 is 0 Å². The van der Waals surface area contributed by atoms with Crippen molar-refractivity contribution in [1.82, 2.24) is 28.9 Å². The van der Waals surface area contributed by atoms with Gasteiger partial charge < -0.3 is 9.13 Å². The highest BCUT2D eigenvalue weighted by Crippen LogP contribution is 2.43. The van der Waals surface area contributed by atoms with Crippen molar-refractivity contribution in [1.29, 1.82) is 0 Å². The van der Waals surface area contributed by atoms with E-state index in [0.717, 1.165) is 47.6 Å². The number of hydrogen-bond donors (Lipinski definition) is 0. The molecule has 0 radical (unpaired) electrons. The van der Waals surface area contributed by atoms with Crippen LogP contribution in [0.3, 0.4) is 0 Å². The van der Waals surface area contributed by atoms with Crippen LogP contribution in [0.5, 0.6) is 0 Å². The first kappa shape index (κ1) is 24.5. The lowest BCUT2D eigenvalue weighted by molar-refractivity contribution is -0.143. The van der Waals surface area contributed by atoms with E-state index in [2.05, 4.69) is 45.0 Å². The van der Waals surface area contributed by atoms with Crippen LogP contribution < -0.4 is 0 Å². The van der Waals surface area contributed by atoms with Gasteiger partial charge in [-0.05, 0) is 76.7 Å². The van der Waals surface area contributed by atoms with Gasteiger partial charge in [-0.25, -0.2) is 9.97 Å². The number of aromatic nitrogens is 6. The molecule has 34 heavy (non-hydrogen) atoms. The lowest BCUT2D eigenvalue weighted by atomic mass is 10.0. The predicted octanol–water partition coefficient (Wildman–Crippen LogP) is 5.22. The van der Waals surface area contributed by atoms with E-state index in [-0.39, 0.29) is 0 Å². The van der Waals surface area contributed by atoms with Crippen LogP contribution in [0.4, 0.5) is 13.2 Å². The third-order valence-electron chi connectivity index (χ3n) is 7.32. The lowest BCUT2D eigenvalue weighted by Crippen LogP contribution is -2.21. The quantitative estimate of drug-likeness (QED) is 0.403. The topological polar surface area (TPSA) is 53.5 Å².